The molecule has 2 rings (SSSR count). The van der Waals surface area contributed by atoms with Gasteiger partial charge in [0.15, 0.2) is 0 Å². The molecule has 0 fully saturated rings. The van der Waals surface area contributed by atoms with E-state index in [2.05, 4.69) is 5.32 Å². The predicted molar refractivity (Wildman–Crippen MR) is 116 cm³/mol. The summed E-state index contributed by atoms with van der Waals surface area (Å²) >= 11 is 0. The SMILES string of the molecule is CCC(C(=O)Nc1cc([N+](=O)[O-])ccc1OC)N(c1ccc(C)c(C)c1)S(C)(=O)=O. The molecule has 0 aliphatic carbocycles. The lowest BCUT2D eigenvalue weighted by atomic mass is 10.1. The Morgan fingerprint density at radius 1 is 1.20 bits per heavy atom. The molecule has 0 heterocycles. The molecule has 2 aromatic carbocycles. The summed E-state index contributed by atoms with van der Waals surface area (Å²) in [7, 11) is -2.43. The average Bonchev–Trinajstić information content (AvgIpc) is 2.67. The zero-order valence-corrected chi connectivity index (χ0v) is 18.3. The number of anilines is 2. The Morgan fingerprint density at radius 3 is 2.37 bits per heavy atom. The minimum absolute atomic E-state index is 0.0867. The molecule has 0 aromatic heterocycles. The van der Waals surface area contributed by atoms with Gasteiger partial charge in [-0.25, -0.2) is 8.42 Å². The van der Waals surface area contributed by atoms with E-state index in [-0.39, 0.29) is 23.5 Å². The number of methoxy groups -OCH3 is 1. The van der Waals surface area contributed by atoms with Crippen molar-refractivity contribution in [2.45, 2.75) is 33.2 Å². The molecular weight excluding hydrogens is 410 g/mol. The first-order valence-corrected chi connectivity index (χ1v) is 11.0. The van der Waals surface area contributed by atoms with Crippen LogP contribution < -0.4 is 14.4 Å². The number of sulfonamides is 1. The molecule has 9 nitrogen and oxygen atoms in total. The maximum atomic E-state index is 13.1. The number of nitrogens with zero attached hydrogens (tertiary/aromatic N) is 2. The van der Waals surface area contributed by atoms with Gasteiger partial charge in [0, 0.05) is 12.1 Å². The van der Waals surface area contributed by atoms with Crippen molar-refractivity contribution in [3.8, 4) is 5.75 Å². The number of nitrogens with one attached hydrogen (secondary N) is 1. The van der Waals surface area contributed by atoms with Gasteiger partial charge in [0.05, 0.1) is 29.7 Å². The highest BCUT2D eigenvalue weighted by molar-refractivity contribution is 7.92. The van der Waals surface area contributed by atoms with Crippen LogP contribution in [0, 0.1) is 24.0 Å². The van der Waals surface area contributed by atoms with E-state index in [4.69, 9.17) is 4.74 Å². The van der Waals surface area contributed by atoms with E-state index in [0.29, 0.717) is 5.69 Å². The van der Waals surface area contributed by atoms with Gasteiger partial charge >= 0.3 is 0 Å². The van der Waals surface area contributed by atoms with E-state index in [0.717, 1.165) is 21.7 Å². The van der Waals surface area contributed by atoms with Crippen molar-refractivity contribution in [1.29, 1.82) is 0 Å². The minimum atomic E-state index is -3.80. The number of rotatable bonds is 8. The van der Waals surface area contributed by atoms with Gasteiger partial charge in [0.25, 0.3) is 5.69 Å². The van der Waals surface area contributed by atoms with E-state index < -0.39 is 26.9 Å². The number of aryl methyl sites for hydroxylation is 2. The van der Waals surface area contributed by atoms with Crippen LogP contribution in [0.1, 0.15) is 24.5 Å². The van der Waals surface area contributed by atoms with Crippen LogP contribution in [0.3, 0.4) is 0 Å². The van der Waals surface area contributed by atoms with Crippen molar-refractivity contribution < 1.29 is 22.9 Å². The summed E-state index contributed by atoms with van der Waals surface area (Å²) in [6, 6.07) is 7.87. The fourth-order valence-corrected chi connectivity index (χ4v) is 4.25. The van der Waals surface area contributed by atoms with Gasteiger partial charge in [-0.05, 0) is 49.6 Å². The van der Waals surface area contributed by atoms with Crippen molar-refractivity contribution in [3.05, 3.63) is 57.6 Å². The monoisotopic (exact) mass is 435 g/mol. The first-order chi connectivity index (χ1) is 14.0. The molecule has 0 aliphatic heterocycles. The fraction of sp³-hybridized carbons (Fsp3) is 0.350. The highest BCUT2D eigenvalue weighted by Gasteiger charge is 2.32. The van der Waals surface area contributed by atoms with Crippen molar-refractivity contribution in [2.24, 2.45) is 0 Å². The van der Waals surface area contributed by atoms with E-state index in [9.17, 15) is 23.3 Å². The number of benzene rings is 2. The number of amides is 1. The molecule has 1 amide bonds. The topological polar surface area (TPSA) is 119 Å². The Morgan fingerprint density at radius 2 is 1.87 bits per heavy atom. The van der Waals surface area contributed by atoms with Gasteiger partial charge in [-0.3, -0.25) is 19.2 Å². The average molecular weight is 436 g/mol. The molecule has 0 radical (unpaired) electrons. The highest BCUT2D eigenvalue weighted by Crippen LogP contribution is 2.30. The number of carbonyl (C=O) groups excluding carboxylic acids is 1. The molecule has 1 unspecified atom stereocenters. The summed E-state index contributed by atoms with van der Waals surface area (Å²) in [5.41, 5.74) is 2.10. The molecule has 10 heteroatoms. The number of non-ortho nitro benzene ring substituents is 1. The third-order valence-electron chi connectivity index (χ3n) is 4.73. The van der Waals surface area contributed by atoms with Gasteiger partial charge in [-0.1, -0.05) is 13.0 Å². The zero-order valence-electron chi connectivity index (χ0n) is 17.5. The molecule has 2 aromatic rings. The summed E-state index contributed by atoms with van der Waals surface area (Å²) < 4.78 is 31.4. The van der Waals surface area contributed by atoms with E-state index >= 15 is 0 Å². The number of ether oxygens (including phenoxy) is 1. The Balaban J connectivity index is 2.47. The van der Waals surface area contributed by atoms with E-state index in [1.807, 2.05) is 13.8 Å². The Kier molecular flexibility index (Phi) is 7.04. The maximum absolute atomic E-state index is 13.1. The lowest BCUT2D eigenvalue weighted by molar-refractivity contribution is -0.384. The second kappa shape index (κ2) is 9.12. The van der Waals surface area contributed by atoms with Gasteiger partial charge in [-0.15, -0.1) is 0 Å². The molecule has 1 N–H and O–H groups in total. The van der Waals surface area contributed by atoms with Crippen molar-refractivity contribution in [3.63, 3.8) is 0 Å². The van der Waals surface area contributed by atoms with Crippen LogP contribution >= 0.6 is 0 Å². The molecule has 0 saturated carbocycles. The molecule has 0 saturated heterocycles. The summed E-state index contributed by atoms with van der Waals surface area (Å²) in [6.07, 6.45) is 1.22. The number of nitro benzene ring substituents is 1. The second-order valence-electron chi connectivity index (χ2n) is 6.88. The van der Waals surface area contributed by atoms with Gasteiger partial charge in [0.1, 0.15) is 11.8 Å². The van der Waals surface area contributed by atoms with Crippen LogP contribution in [-0.4, -0.2) is 38.7 Å². The summed E-state index contributed by atoms with van der Waals surface area (Å²) in [6.45, 7) is 5.45. The molecule has 162 valence electrons. The van der Waals surface area contributed by atoms with E-state index in [1.54, 1.807) is 25.1 Å². The van der Waals surface area contributed by atoms with Gasteiger partial charge in [0.2, 0.25) is 15.9 Å². The number of nitro groups is 1. The third-order valence-corrected chi connectivity index (χ3v) is 5.91. The molecular formula is C20H25N3O6S. The predicted octanol–water partition coefficient (Wildman–Crippen LogP) is 3.40. The summed E-state index contributed by atoms with van der Waals surface area (Å²) in [5, 5.41) is 13.7. The normalized spacial score (nSPS) is 12.2. The summed E-state index contributed by atoms with van der Waals surface area (Å²) in [4.78, 5) is 23.5. The number of hydrogen-bond acceptors (Lipinski definition) is 6. The highest BCUT2D eigenvalue weighted by atomic mass is 32.2. The summed E-state index contributed by atoms with van der Waals surface area (Å²) in [5.74, 6) is -0.402. The maximum Gasteiger partial charge on any atom is 0.271 e. The Hall–Kier alpha value is -3.14. The Labute approximate surface area is 175 Å². The molecule has 1 atom stereocenters. The van der Waals surface area contributed by atoms with Crippen LogP contribution in [0.4, 0.5) is 17.1 Å². The first kappa shape index (κ1) is 23.1. The van der Waals surface area contributed by atoms with Crippen LogP contribution in [0.25, 0.3) is 0 Å². The molecule has 0 bridgehead atoms. The Bertz CT molecular complexity index is 1070. The number of carbonyl (C=O) groups is 1. The largest absolute Gasteiger partial charge is 0.495 e. The van der Waals surface area contributed by atoms with Crippen molar-refractivity contribution in [1.82, 2.24) is 0 Å². The smallest absolute Gasteiger partial charge is 0.271 e. The minimum Gasteiger partial charge on any atom is -0.495 e. The fourth-order valence-electron chi connectivity index (χ4n) is 3.05. The second-order valence-corrected chi connectivity index (χ2v) is 8.74. The molecule has 0 aliphatic rings. The number of hydrogen-bond donors (Lipinski definition) is 1. The van der Waals surface area contributed by atoms with Crippen molar-refractivity contribution in [2.75, 3.05) is 23.0 Å². The quantitative estimate of drug-likeness (QED) is 0.501. The first-order valence-electron chi connectivity index (χ1n) is 9.19. The van der Waals surface area contributed by atoms with Crippen molar-refractivity contribution >= 4 is 33.0 Å². The molecule has 30 heavy (non-hydrogen) atoms. The standard InChI is InChI=1S/C20H25N3O6S/c1-6-18(22(30(5,27)28)15-8-7-13(2)14(3)11-15)20(24)21-17-12-16(23(25)26)9-10-19(17)29-4/h7-12,18H,6H2,1-5H3,(H,21,24). The lowest BCUT2D eigenvalue weighted by Crippen LogP contribution is -2.47. The third kappa shape index (κ3) is 5.07. The van der Waals surface area contributed by atoms with Crippen LogP contribution in [0.5, 0.6) is 5.75 Å². The lowest BCUT2D eigenvalue weighted by Gasteiger charge is -2.30. The van der Waals surface area contributed by atoms with Crippen LogP contribution in [0.15, 0.2) is 36.4 Å². The van der Waals surface area contributed by atoms with Gasteiger partial charge in [-0.2, -0.15) is 0 Å². The van der Waals surface area contributed by atoms with Crippen LogP contribution in [0.2, 0.25) is 0 Å². The molecule has 0 spiro atoms. The van der Waals surface area contributed by atoms with Crippen LogP contribution in [-0.2, 0) is 14.8 Å². The zero-order chi connectivity index (χ0) is 22.6. The van der Waals surface area contributed by atoms with Gasteiger partial charge < -0.3 is 10.1 Å². The van der Waals surface area contributed by atoms with E-state index in [1.165, 1.54) is 25.3 Å².